The average molecular weight is 505 g/mol. The second-order valence-electron chi connectivity index (χ2n) is 9.13. The molecular weight excluding hydrogens is 478 g/mol. The zero-order valence-corrected chi connectivity index (χ0v) is 19.5. The highest BCUT2D eigenvalue weighted by atomic mass is 16.4. The summed E-state index contributed by atoms with van der Waals surface area (Å²) in [5.74, 6) is -8.86. The highest BCUT2D eigenvalue weighted by Gasteiger charge is 2.67. The first-order valence-corrected chi connectivity index (χ1v) is 10.7. The minimum absolute atomic E-state index is 0.104. The van der Waals surface area contributed by atoms with E-state index >= 15 is 0 Å². The number of hydrogen-bond acceptors (Lipinski definition) is 10. The van der Waals surface area contributed by atoms with E-state index in [1.54, 1.807) is 19.1 Å². The van der Waals surface area contributed by atoms with Crippen LogP contribution in [0.5, 0.6) is 5.75 Å². The number of aliphatic hydroxyl groups excluding tert-OH is 3. The Morgan fingerprint density at radius 3 is 2.14 bits per heavy atom. The van der Waals surface area contributed by atoms with E-state index in [9.17, 15) is 39.9 Å². The number of amides is 2. The number of aromatic hydroxyl groups is 1. The fraction of sp³-hybridized carbons (Fsp3) is 0.391. The van der Waals surface area contributed by atoms with Gasteiger partial charge in [-0.15, -0.1) is 0 Å². The van der Waals surface area contributed by atoms with E-state index in [4.69, 9.17) is 15.6 Å². The van der Waals surface area contributed by atoms with Gasteiger partial charge in [-0.1, -0.05) is 19.1 Å². The van der Waals surface area contributed by atoms with Crippen LogP contribution in [-0.4, -0.2) is 90.9 Å². The third kappa shape index (κ3) is 3.59. The van der Waals surface area contributed by atoms with Crippen LogP contribution in [0.1, 0.15) is 28.8 Å². The topological polar surface area (TPSA) is 245 Å². The molecule has 0 aliphatic heterocycles. The summed E-state index contributed by atoms with van der Waals surface area (Å²) in [6.07, 6.45) is -2.92. The van der Waals surface area contributed by atoms with Crippen molar-refractivity contribution in [2.75, 3.05) is 14.1 Å². The number of phenols is 1. The van der Waals surface area contributed by atoms with Crippen LogP contribution in [-0.2, 0) is 9.59 Å². The van der Waals surface area contributed by atoms with Crippen LogP contribution in [0.15, 0.2) is 40.9 Å². The number of primary amides is 2. The number of hydrogen-bond donors (Lipinski definition) is 8. The van der Waals surface area contributed by atoms with E-state index in [1.807, 2.05) is 0 Å². The molecule has 0 aromatic heterocycles. The summed E-state index contributed by atoms with van der Waals surface area (Å²) < 4.78 is 0. The van der Waals surface area contributed by atoms with Crippen molar-refractivity contribution in [1.29, 1.82) is 0 Å². The number of fused-ring (bicyclic) bond motifs is 3. The van der Waals surface area contributed by atoms with Gasteiger partial charge in [0, 0.05) is 11.5 Å². The van der Waals surface area contributed by atoms with Crippen LogP contribution >= 0.6 is 0 Å². The Bertz CT molecular complexity index is 1230. The average Bonchev–Trinajstić information content (AvgIpc) is 2.75. The molecule has 3 aliphatic rings. The third-order valence-electron chi connectivity index (χ3n) is 7.00. The fourth-order valence-corrected chi connectivity index (χ4v) is 5.58. The lowest BCUT2D eigenvalue weighted by atomic mass is 9.55. The number of nitrogens with two attached hydrogens (primary N) is 2. The van der Waals surface area contributed by atoms with Crippen molar-refractivity contribution < 1.29 is 49.8 Å². The number of carboxylic acid groups (broad SMARTS) is 1. The van der Waals surface area contributed by atoms with Crippen molar-refractivity contribution in [3.05, 3.63) is 52.0 Å². The van der Waals surface area contributed by atoms with Crippen molar-refractivity contribution in [2.45, 2.75) is 30.6 Å². The fourth-order valence-electron chi connectivity index (χ4n) is 5.58. The van der Waals surface area contributed by atoms with Crippen LogP contribution < -0.4 is 11.5 Å². The Morgan fingerprint density at radius 1 is 1.08 bits per heavy atom. The molecule has 0 unspecified atom stereocenters. The number of carbonyl (C=O) groups excluding carboxylic acids is 3. The molecule has 0 radical (unpaired) electrons. The number of nitrogens with zero attached hydrogens (tertiary/aromatic N) is 1. The van der Waals surface area contributed by atoms with Crippen molar-refractivity contribution in [3.8, 4) is 5.75 Å². The first-order chi connectivity index (χ1) is 16.6. The molecule has 4 rings (SSSR count). The monoisotopic (exact) mass is 505 g/mol. The molecule has 0 heterocycles. The van der Waals surface area contributed by atoms with Gasteiger partial charge in [0.25, 0.3) is 5.91 Å². The molecule has 6 atom stereocenters. The summed E-state index contributed by atoms with van der Waals surface area (Å²) in [5.41, 5.74) is 5.39. The quantitative estimate of drug-likeness (QED) is 0.233. The summed E-state index contributed by atoms with van der Waals surface area (Å²) in [5, 5.41) is 62.2. The highest BCUT2D eigenvalue weighted by molar-refractivity contribution is 6.25. The molecule has 0 saturated carbocycles. The van der Waals surface area contributed by atoms with Crippen molar-refractivity contribution in [2.24, 2.45) is 23.3 Å². The molecule has 194 valence electrons. The summed E-state index contributed by atoms with van der Waals surface area (Å²) in [4.78, 5) is 48.6. The number of benzene rings is 1. The maximum atomic E-state index is 13.3. The van der Waals surface area contributed by atoms with Crippen LogP contribution in [0.3, 0.4) is 0 Å². The summed E-state index contributed by atoms with van der Waals surface area (Å²) in [6, 6.07) is 3.17. The second-order valence-corrected chi connectivity index (χ2v) is 9.13. The zero-order valence-electron chi connectivity index (χ0n) is 19.5. The molecule has 0 bridgehead atoms. The molecule has 1 aromatic rings. The number of likely N-dealkylation sites (N-methyl/N-ethyl adjacent to an activating group) is 1. The number of ketones is 2. The summed E-state index contributed by atoms with van der Waals surface area (Å²) in [6.45, 7) is 1.68. The normalized spacial score (nSPS) is 31.2. The number of Topliss-reactive ketones (excluding diaryl/α,β-unsaturated/α-hetero) is 2. The molecule has 10 N–H and O–H groups in total. The second kappa shape index (κ2) is 8.93. The molecule has 36 heavy (non-hydrogen) atoms. The van der Waals surface area contributed by atoms with Crippen LogP contribution in [0.2, 0.25) is 0 Å². The Hall–Kier alpha value is -3.94. The van der Waals surface area contributed by atoms with Crippen LogP contribution in [0, 0.1) is 11.8 Å². The van der Waals surface area contributed by atoms with Gasteiger partial charge in [-0.25, -0.2) is 4.79 Å². The van der Waals surface area contributed by atoms with E-state index in [0.29, 0.717) is 5.56 Å². The Morgan fingerprint density at radius 2 is 1.64 bits per heavy atom. The highest BCUT2D eigenvalue weighted by Crippen LogP contribution is 2.55. The lowest BCUT2D eigenvalue weighted by molar-refractivity contribution is -0.162. The first kappa shape index (κ1) is 26.7. The zero-order chi connectivity index (χ0) is 27.4. The van der Waals surface area contributed by atoms with Gasteiger partial charge in [0.05, 0.1) is 23.6 Å². The van der Waals surface area contributed by atoms with Gasteiger partial charge in [0.1, 0.15) is 22.8 Å². The lowest BCUT2D eigenvalue weighted by Crippen LogP contribution is -2.68. The molecule has 2 amide bonds. The standard InChI is InChI=1S/C22H24N2O8.CH3NO2/c1-7-8-5-4-6-9(25)11(8)16(26)12-10(7)17(27)14-15(24(2)3)18(28)13(21(23)31)20(30)22(14,32)19(12)29;2-1(3)4/h4-7,10,14-15,17,25,27-29,32H,1-3H3,(H2,23,31);2H2,(H,3,4)/t7-,10+,14-,15-,17-,22-;/m0./s1. The van der Waals surface area contributed by atoms with Crippen molar-refractivity contribution >= 4 is 23.6 Å². The molecule has 3 aliphatic carbocycles. The third-order valence-corrected chi connectivity index (χ3v) is 7.00. The molecule has 0 fully saturated rings. The Labute approximate surface area is 204 Å². The molecule has 13 heteroatoms. The predicted molar refractivity (Wildman–Crippen MR) is 122 cm³/mol. The molecule has 13 nitrogen and oxygen atoms in total. The predicted octanol–water partition coefficient (Wildman–Crippen LogP) is -0.724. The van der Waals surface area contributed by atoms with Gasteiger partial charge < -0.3 is 42.1 Å². The molecular formula is C23H27N3O10. The van der Waals surface area contributed by atoms with E-state index in [0.717, 1.165) is 0 Å². The molecule has 1 aromatic carbocycles. The van der Waals surface area contributed by atoms with Crippen LogP contribution in [0.4, 0.5) is 4.79 Å². The van der Waals surface area contributed by atoms with Gasteiger partial charge in [-0.05, 0) is 31.6 Å². The van der Waals surface area contributed by atoms with Gasteiger partial charge in [0.2, 0.25) is 5.78 Å². The maximum Gasteiger partial charge on any atom is 0.402 e. The lowest BCUT2D eigenvalue weighted by Gasteiger charge is -2.53. The van der Waals surface area contributed by atoms with Gasteiger partial charge in [-0.3, -0.25) is 19.3 Å². The minimum atomic E-state index is -2.89. The Balaban J connectivity index is 0.000000840. The smallest absolute Gasteiger partial charge is 0.402 e. The van der Waals surface area contributed by atoms with Gasteiger partial charge >= 0.3 is 6.09 Å². The van der Waals surface area contributed by atoms with Crippen LogP contribution in [0.25, 0.3) is 0 Å². The van der Waals surface area contributed by atoms with Crippen molar-refractivity contribution in [3.63, 3.8) is 0 Å². The van der Waals surface area contributed by atoms with E-state index < -0.39 is 81.7 Å². The largest absolute Gasteiger partial charge is 0.510 e. The first-order valence-electron chi connectivity index (χ1n) is 10.7. The van der Waals surface area contributed by atoms with Crippen molar-refractivity contribution in [1.82, 2.24) is 4.90 Å². The summed E-state index contributed by atoms with van der Waals surface area (Å²) >= 11 is 0. The molecule has 0 saturated heterocycles. The minimum Gasteiger partial charge on any atom is -0.510 e. The number of aliphatic hydroxyl groups is 4. The summed E-state index contributed by atoms with van der Waals surface area (Å²) in [7, 11) is 2.98. The SMILES string of the molecule is C[C@H]1c2cccc(O)c2C(=O)C2=C(O)[C@]3(O)C(=O)C(C(N)=O)=C(O)[C@@H](N(C)C)[C@H]3[C@@H](O)[C@@H]21.NC(=O)O. The molecule has 0 spiro atoms. The maximum absolute atomic E-state index is 13.3. The van der Waals surface area contributed by atoms with E-state index in [1.165, 1.54) is 25.1 Å². The van der Waals surface area contributed by atoms with Gasteiger partial charge in [0.15, 0.2) is 11.4 Å². The number of phenolic OH excluding ortho intramolecular Hbond substituents is 1. The van der Waals surface area contributed by atoms with E-state index in [2.05, 4.69) is 5.73 Å². The Kier molecular flexibility index (Phi) is 6.61. The van der Waals surface area contributed by atoms with Gasteiger partial charge in [-0.2, -0.15) is 0 Å². The number of carbonyl (C=O) groups is 4. The number of rotatable bonds is 2. The van der Waals surface area contributed by atoms with E-state index in [-0.39, 0.29) is 11.3 Å².